The minimum Gasteiger partial charge on any atom is -0.465 e. The number of esters is 1. The second-order valence-electron chi connectivity index (χ2n) is 8.86. The van der Waals surface area contributed by atoms with Gasteiger partial charge in [-0.05, 0) is 45.0 Å². The summed E-state index contributed by atoms with van der Waals surface area (Å²) in [5.74, 6) is -0.783. The largest absolute Gasteiger partial charge is 0.465 e. The van der Waals surface area contributed by atoms with Crippen LogP contribution >= 0.6 is 19.3 Å². The maximum atomic E-state index is 15.8. The zero-order valence-corrected chi connectivity index (χ0v) is 22.8. The number of benzene rings is 1. The number of rotatable bonds is 10. The lowest BCUT2D eigenvalue weighted by Gasteiger charge is -2.25. The Hall–Kier alpha value is -3.07. The molecule has 39 heavy (non-hydrogen) atoms. The molecule has 3 aromatic rings. The fourth-order valence-corrected chi connectivity index (χ4v) is 5.56. The fourth-order valence-electron chi connectivity index (χ4n) is 3.93. The predicted octanol–water partition coefficient (Wildman–Crippen LogP) is 2.38. The van der Waals surface area contributed by atoms with Crippen LogP contribution in [0.25, 0.3) is 11.2 Å². The fraction of sp³-hybridized carbons (Fsp3) is 0.455. The highest BCUT2D eigenvalue weighted by atomic mass is 35.5. The smallest absolute Gasteiger partial charge is 0.459 e. The summed E-state index contributed by atoms with van der Waals surface area (Å²) in [6.45, 7) is 3.63. The van der Waals surface area contributed by atoms with Gasteiger partial charge in [0.05, 0.1) is 19.5 Å². The Labute approximate surface area is 227 Å². The number of aliphatic hydroxyl groups excluding tert-OH is 1. The first-order valence-corrected chi connectivity index (χ1v) is 13.7. The first-order chi connectivity index (χ1) is 18.3. The monoisotopic (exact) mass is 587 g/mol. The molecule has 0 spiro atoms. The van der Waals surface area contributed by atoms with Crippen molar-refractivity contribution in [3.8, 4) is 5.75 Å². The van der Waals surface area contributed by atoms with Gasteiger partial charge in [-0.1, -0.05) is 11.6 Å². The minimum atomic E-state index is -4.32. The van der Waals surface area contributed by atoms with E-state index in [1.165, 1.54) is 42.1 Å². The topological polar surface area (TPSA) is 199 Å². The van der Waals surface area contributed by atoms with Crippen molar-refractivity contribution in [2.45, 2.75) is 50.9 Å². The highest BCUT2D eigenvalue weighted by molar-refractivity contribution is 7.52. The number of aliphatic hydroxyl groups is 1. The van der Waals surface area contributed by atoms with E-state index < -0.39 is 50.5 Å². The number of nitrogens with two attached hydrogens (primary N) is 2. The van der Waals surface area contributed by atoms with Gasteiger partial charge in [-0.3, -0.25) is 13.9 Å². The van der Waals surface area contributed by atoms with Crippen LogP contribution in [0.4, 0.5) is 16.2 Å². The Kier molecular flexibility index (Phi) is 8.30. The van der Waals surface area contributed by atoms with E-state index in [2.05, 4.69) is 20.0 Å². The molecule has 1 fully saturated rings. The summed E-state index contributed by atoms with van der Waals surface area (Å²) in [6, 6.07) is 4.77. The van der Waals surface area contributed by atoms with Crippen LogP contribution in [0.15, 0.2) is 30.6 Å². The number of hydrogen-bond acceptors (Lipinski definition) is 12. The number of aromatic nitrogens is 4. The molecule has 14 nitrogen and oxygen atoms in total. The molecule has 1 aliphatic heterocycles. The minimum absolute atomic E-state index is 0.0164. The Morgan fingerprint density at radius 2 is 2.05 bits per heavy atom. The van der Waals surface area contributed by atoms with Crippen LogP contribution in [0, 0.1) is 0 Å². The van der Waals surface area contributed by atoms with E-state index in [-0.39, 0.29) is 35.3 Å². The van der Waals surface area contributed by atoms with Crippen LogP contribution in [0.3, 0.4) is 0 Å². The SMILES string of the molecule is CCOC(=O)[C@H](C)NP(=O)(OC[C@H]1O[C@@H](n2cnc3c(N)nc(N)nc32)[C@](C)(F)[C@@H]1O)Oc1ccc(Cl)cc1. The van der Waals surface area contributed by atoms with Gasteiger partial charge in [-0.25, -0.2) is 13.9 Å². The van der Waals surface area contributed by atoms with E-state index >= 15 is 4.39 Å². The second kappa shape index (κ2) is 11.2. The molecule has 1 unspecified atom stereocenters. The standard InChI is InChI=1S/C22H28ClFN7O7P/c1-4-35-19(33)11(2)30-39(34,38-13-7-5-12(23)6-8-13)36-9-14-16(32)22(3,24)20(37-14)31-10-27-15-17(25)28-21(26)29-18(15)31/h5-8,10-11,14,16,20,32H,4,9H2,1-3H3,(H,30,34)(H4,25,26,28,29)/t11-,14+,16+,20+,22+,39?/m0/s1. The average Bonchev–Trinajstić information content (AvgIpc) is 3.37. The number of hydrogen-bond donors (Lipinski definition) is 4. The number of halogens is 2. The quantitative estimate of drug-likeness (QED) is 0.199. The Bertz CT molecular complexity index is 1390. The number of alkyl halides is 1. The van der Waals surface area contributed by atoms with E-state index in [1.807, 2.05) is 0 Å². The molecular formula is C22H28ClFN7O7P. The van der Waals surface area contributed by atoms with Crippen molar-refractivity contribution >= 4 is 48.2 Å². The molecule has 1 saturated heterocycles. The van der Waals surface area contributed by atoms with Gasteiger partial charge >= 0.3 is 13.7 Å². The third kappa shape index (κ3) is 6.08. The Balaban J connectivity index is 1.56. The lowest BCUT2D eigenvalue weighted by Crippen LogP contribution is -2.41. The Morgan fingerprint density at radius 3 is 2.72 bits per heavy atom. The lowest BCUT2D eigenvalue weighted by molar-refractivity contribution is -0.144. The van der Waals surface area contributed by atoms with Crippen molar-refractivity contribution in [2.24, 2.45) is 0 Å². The summed E-state index contributed by atoms with van der Waals surface area (Å²) < 4.78 is 52.6. The zero-order valence-electron chi connectivity index (χ0n) is 21.2. The maximum absolute atomic E-state index is 15.8. The van der Waals surface area contributed by atoms with Gasteiger partial charge in [0.25, 0.3) is 0 Å². The molecule has 0 amide bonds. The van der Waals surface area contributed by atoms with Crippen molar-refractivity contribution in [3.05, 3.63) is 35.6 Å². The highest BCUT2D eigenvalue weighted by Gasteiger charge is 2.56. The average molecular weight is 588 g/mol. The van der Waals surface area contributed by atoms with Crippen molar-refractivity contribution in [1.82, 2.24) is 24.6 Å². The van der Waals surface area contributed by atoms with Crippen LogP contribution in [0.1, 0.15) is 27.0 Å². The number of carbonyl (C=O) groups is 1. The molecule has 0 aliphatic carbocycles. The number of anilines is 2. The predicted molar refractivity (Wildman–Crippen MR) is 138 cm³/mol. The molecule has 212 valence electrons. The van der Waals surface area contributed by atoms with Gasteiger partial charge in [0.2, 0.25) is 5.95 Å². The van der Waals surface area contributed by atoms with Crippen molar-refractivity contribution < 1.29 is 37.4 Å². The number of fused-ring (bicyclic) bond motifs is 1. The molecular weight excluding hydrogens is 560 g/mol. The van der Waals surface area contributed by atoms with Crippen LogP contribution in [0.5, 0.6) is 5.75 Å². The first kappa shape index (κ1) is 28.9. The summed E-state index contributed by atoms with van der Waals surface area (Å²) in [5.41, 5.74) is 9.38. The van der Waals surface area contributed by atoms with E-state index in [0.717, 1.165) is 6.92 Å². The number of nitrogens with zero attached hydrogens (tertiary/aromatic N) is 4. The van der Waals surface area contributed by atoms with Crippen LogP contribution < -0.4 is 21.1 Å². The normalized spacial score (nSPS) is 25.3. The molecule has 17 heteroatoms. The van der Waals surface area contributed by atoms with Crippen molar-refractivity contribution in [1.29, 1.82) is 0 Å². The summed E-state index contributed by atoms with van der Waals surface area (Å²) in [4.78, 5) is 24.1. The Morgan fingerprint density at radius 1 is 1.36 bits per heavy atom. The molecule has 1 aliphatic rings. The third-order valence-electron chi connectivity index (χ3n) is 5.88. The molecule has 4 rings (SSSR count). The van der Waals surface area contributed by atoms with Gasteiger partial charge < -0.3 is 30.6 Å². The molecule has 0 radical (unpaired) electrons. The van der Waals surface area contributed by atoms with E-state index in [0.29, 0.717) is 5.02 Å². The lowest BCUT2D eigenvalue weighted by atomic mass is 9.98. The van der Waals surface area contributed by atoms with Gasteiger partial charge in [-0.15, -0.1) is 0 Å². The van der Waals surface area contributed by atoms with Crippen LogP contribution in [-0.2, 0) is 23.4 Å². The molecule has 3 heterocycles. The van der Waals surface area contributed by atoms with Crippen molar-refractivity contribution in [2.75, 3.05) is 24.7 Å². The summed E-state index contributed by atoms with van der Waals surface area (Å²) in [6.07, 6.45) is -3.29. The van der Waals surface area contributed by atoms with Gasteiger partial charge in [0, 0.05) is 5.02 Å². The summed E-state index contributed by atoms with van der Waals surface area (Å²) in [5, 5.41) is 13.7. The first-order valence-electron chi connectivity index (χ1n) is 11.8. The van der Waals surface area contributed by atoms with Crippen LogP contribution in [0.2, 0.25) is 5.02 Å². The maximum Gasteiger partial charge on any atom is 0.459 e. The zero-order chi connectivity index (χ0) is 28.5. The second-order valence-corrected chi connectivity index (χ2v) is 11.0. The molecule has 6 N–H and O–H groups in total. The molecule has 1 aromatic carbocycles. The number of ether oxygens (including phenoxy) is 2. The number of nitrogens with one attached hydrogen (secondary N) is 1. The van der Waals surface area contributed by atoms with E-state index in [9.17, 15) is 14.5 Å². The number of nitrogen functional groups attached to an aromatic ring is 2. The van der Waals surface area contributed by atoms with Gasteiger partial charge in [0.15, 0.2) is 23.4 Å². The third-order valence-corrected chi connectivity index (χ3v) is 7.77. The number of carbonyl (C=O) groups excluding carboxylic acids is 1. The van der Waals surface area contributed by atoms with Crippen LogP contribution in [-0.4, -0.2) is 67.7 Å². The van der Waals surface area contributed by atoms with Gasteiger partial charge in [0.1, 0.15) is 29.5 Å². The van der Waals surface area contributed by atoms with E-state index in [1.54, 1.807) is 6.92 Å². The summed E-state index contributed by atoms with van der Waals surface area (Å²) >= 11 is 5.90. The molecule has 2 aromatic heterocycles. The molecule has 0 saturated carbocycles. The highest BCUT2D eigenvalue weighted by Crippen LogP contribution is 2.48. The summed E-state index contributed by atoms with van der Waals surface area (Å²) in [7, 11) is -4.32. The molecule has 0 bridgehead atoms. The van der Waals surface area contributed by atoms with E-state index in [4.69, 9.17) is 41.6 Å². The van der Waals surface area contributed by atoms with Gasteiger partial charge in [-0.2, -0.15) is 15.1 Å². The number of imidazole rings is 1. The van der Waals surface area contributed by atoms with Crippen molar-refractivity contribution in [3.63, 3.8) is 0 Å². The molecule has 6 atom stereocenters.